The first-order chi connectivity index (χ1) is 16.9. The van der Waals surface area contributed by atoms with E-state index in [4.69, 9.17) is 16.3 Å². The molecule has 0 aliphatic carbocycles. The Morgan fingerprint density at radius 2 is 1.66 bits per heavy atom. The second kappa shape index (κ2) is 10.6. The van der Waals surface area contributed by atoms with Gasteiger partial charge in [-0.1, -0.05) is 54.1 Å². The predicted molar refractivity (Wildman–Crippen MR) is 136 cm³/mol. The second-order valence-corrected chi connectivity index (χ2v) is 8.05. The molecule has 0 bridgehead atoms. The Kier molecular flexibility index (Phi) is 7.18. The number of aryl methyl sites for hydroxylation is 1. The normalized spacial score (nSPS) is 10.8. The van der Waals surface area contributed by atoms with Crippen LogP contribution in [0.1, 0.15) is 21.5 Å². The number of anilines is 1. The largest absolute Gasteiger partial charge is 0.422 e. The van der Waals surface area contributed by atoms with Crippen molar-refractivity contribution in [1.29, 1.82) is 0 Å². The number of nitrogens with zero attached hydrogens (tertiary/aromatic N) is 1. The number of halogens is 1. The number of fused-ring (bicyclic) bond motifs is 1. The zero-order valence-corrected chi connectivity index (χ0v) is 19.4. The summed E-state index contributed by atoms with van der Waals surface area (Å²) in [5.41, 5.74) is 4.44. The second-order valence-electron chi connectivity index (χ2n) is 7.62. The van der Waals surface area contributed by atoms with Crippen LogP contribution < -0.4 is 15.5 Å². The molecule has 4 rings (SSSR count). The van der Waals surface area contributed by atoms with E-state index in [0.29, 0.717) is 21.8 Å². The van der Waals surface area contributed by atoms with E-state index in [9.17, 15) is 14.4 Å². The van der Waals surface area contributed by atoms with Crippen molar-refractivity contribution >= 4 is 52.1 Å². The number of hydrogen-bond acceptors (Lipinski definition) is 5. The standard InChI is InChI=1S/C27H20ClN3O4/c1-17-5-4-7-21(15-17)30-25(32)26(33)31-29-16-23-22-8-3-2-6-18(22)11-14-24(23)35-27(34)19-9-12-20(28)13-10-19/h2-16H,1H3,(H,30,32)(H,31,33)/b29-16-. The monoisotopic (exact) mass is 485 g/mol. The minimum Gasteiger partial charge on any atom is -0.422 e. The van der Waals surface area contributed by atoms with Crippen molar-refractivity contribution in [2.24, 2.45) is 5.10 Å². The van der Waals surface area contributed by atoms with Gasteiger partial charge in [0.05, 0.1) is 11.8 Å². The van der Waals surface area contributed by atoms with Crippen molar-refractivity contribution in [3.05, 3.63) is 107 Å². The fourth-order valence-corrected chi connectivity index (χ4v) is 3.49. The quantitative estimate of drug-likeness (QED) is 0.135. The smallest absolute Gasteiger partial charge is 0.343 e. The van der Waals surface area contributed by atoms with Crippen LogP contribution in [0.5, 0.6) is 5.75 Å². The molecule has 174 valence electrons. The van der Waals surface area contributed by atoms with Gasteiger partial charge in [0.2, 0.25) is 0 Å². The Balaban J connectivity index is 1.54. The summed E-state index contributed by atoms with van der Waals surface area (Å²) >= 11 is 5.89. The highest BCUT2D eigenvalue weighted by molar-refractivity contribution is 6.39. The van der Waals surface area contributed by atoms with Gasteiger partial charge in [-0.25, -0.2) is 10.2 Å². The number of hydrazone groups is 1. The number of nitrogens with one attached hydrogen (secondary N) is 2. The minimum absolute atomic E-state index is 0.242. The molecule has 0 fully saturated rings. The number of amides is 2. The first kappa shape index (κ1) is 23.7. The van der Waals surface area contributed by atoms with Gasteiger partial charge < -0.3 is 10.1 Å². The number of ether oxygens (including phenoxy) is 1. The molecule has 2 N–H and O–H groups in total. The molecule has 0 unspecified atom stereocenters. The highest BCUT2D eigenvalue weighted by atomic mass is 35.5. The third-order valence-corrected chi connectivity index (χ3v) is 5.31. The zero-order valence-electron chi connectivity index (χ0n) is 18.6. The molecule has 0 atom stereocenters. The summed E-state index contributed by atoms with van der Waals surface area (Å²) < 4.78 is 5.61. The van der Waals surface area contributed by atoms with Crippen LogP contribution >= 0.6 is 11.6 Å². The van der Waals surface area contributed by atoms with Crippen LogP contribution in [0.2, 0.25) is 5.02 Å². The highest BCUT2D eigenvalue weighted by Crippen LogP contribution is 2.27. The van der Waals surface area contributed by atoms with Crippen LogP contribution in [0.3, 0.4) is 0 Å². The number of carbonyl (C=O) groups excluding carboxylic acids is 3. The third-order valence-electron chi connectivity index (χ3n) is 5.06. The van der Waals surface area contributed by atoms with E-state index in [1.807, 2.05) is 43.3 Å². The molecular weight excluding hydrogens is 466 g/mol. The van der Waals surface area contributed by atoms with Gasteiger partial charge in [0.15, 0.2) is 0 Å². The minimum atomic E-state index is -0.942. The maximum Gasteiger partial charge on any atom is 0.343 e. The molecule has 0 aliphatic heterocycles. The first-order valence-electron chi connectivity index (χ1n) is 10.6. The summed E-state index contributed by atoms with van der Waals surface area (Å²) in [6, 6.07) is 24.3. The van der Waals surface area contributed by atoms with E-state index >= 15 is 0 Å². The maximum absolute atomic E-state index is 12.7. The number of hydrogen-bond donors (Lipinski definition) is 2. The fourth-order valence-electron chi connectivity index (χ4n) is 3.36. The summed E-state index contributed by atoms with van der Waals surface area (Å²) in [7, 11) is 0. The van der Waals surface area contributed by atoms with E-state index in [1.165, 1.54) is 6.21 Å². The van der Waals surface area contributed by atoms with Crippen LogP contribution in [0, 0.1) is 6.92 Å². The van der Waals surface area contributed by atoms with Gasteiger partial charge >= 0.3 is 17.8 Å². The molecule has 7 nitrogen and oxygen atoms in total. The SMILES string of the molecule is Cc1cccc(NC(=O)C(=O)N/N=C\c2c(OC(=O)c3ccc(Cl)cc3)ccc3ccccc23)c1. The lowest BCUT2D eigenvalue weighted by Crippen LogP contribution is -2.32. The van der Waals surface area contributed by atoms with Crippen molar-refractivity contribution in [2.75, 3.05) is 5.32 Å². The fraction of sp³-hybridized carbons (Fsp3) is 0.0370. The first-order valence-corrected chi connectivity index (χ1v) is 11.0. The number of benzene rings is 4. The van der Waals surface area contributed by atoms with Gasteiger partial charge in [-0.2, -0.15) is 5.10 Å². The van der Waals surface area contributed by atoms with Crippen molar-refractivity contribution in [2.45, 2.75) is 6.92 Å². The van der Waals surface area contributed by atoms with Crippen LogP contribution in [-0.4, -0.2) is 24.0 Å². The Morgan fingerprint density at radius 1 is 0.886 bits per heavy atom. The van der Waals surface area contributed by atoms with Crippen molar-refractivity contribution < 1.29 is 19.1 Å². The molecule has 0 saturated carbocycles. The van der Waals surface area contributed by atoms with E-state index in [2.05, 4.69) is 15.8 Å². The molecular formula is C27H20ClN3O4. The van der Waals surface area contributed by atoms with Gasteiger partial charge in [0.25, 0.3) is 0 Å². The van der Waals surface area contributed by atoms with Crippen LogP contribution in [0.25, 0.3) is 10.8 Å². The lowest BCUT2D eigenvalue weighted by Gasteiger charge is -2.10. The maximum atomic E-state index is 12.7. The molecule has 35 heavy (non-hydrogen) atoms. The highest BCUT2D eigenvalue weighted by Gasteiger charge is 2.15. The molecule has 4 aromatic carbocycles. The van der Waals surface area contributed by atoms with Crippen molar-refractivity contribution in [3.63, 3.8) is 0 Å². The van der Waals surface area contributed by atoms with Gasteiger partial charge in [0.1, 0.15) is 5.75 Å². The topological polar surface area (TPSA) is 96.9 Å². The van der Waals surface area contributed by atoms with Crippen molar-refractivity contribution in [3.8, 4) is 5.75 Å². The number of carbonyl (C=O) groups is 3. The number of esters is 1. The van der Waals surface area contributed by atoms with Crippen LogP contribution in [0.15, 0.2) is 90.0 Å². The summed E-state index contributed by atoms with van der Waals surface area (Å²) in [6.07, 6.45) is 1.34. The Morgan fingerprint density at radius 3 is 2.43 bits per heavy atom. The Hall–Kier alpha value is -4.49. The molecule has 0 saturated heterocycles. The molecule has 0 radical (unpaired) electrons. The van der Waals surface area contributed by atoms with Gasteiger partial charge in [-0.15, -0.1) is 0 Å². The third kappa shape index (κ3) is 5.90. The molecule has 2 amide bonds. The average molecular weight is 486 g/mol. The van der Waals surface area contributed by atoms with E-state index < -0.39 is 17.8 Å². The van der Waals surface area contributed by atoms with Gasteiger partial charge in [0, 0.05) is 16.3 Å². The van der Waals surface area contributed by atoms with E-state index in [-0.39, 0.29) is 5.75 Å². The summed E-state index contributed by atoms with van der Waals surface area (Å²) in [6.45, 7) is 1.88. The predicted octanol–water partition coefficient (Wildman–Crippen LogP) is 5.11. The molecule has 0 heterocycles. The van der Waals surface area contributed by atoms with Gasteiger partial charge in [-0.3, -0.25) is 9.59 Å². The van der Waals surface area contributed by atoms with Crippen molar-refractivity contribution in [1.82, 2.24) is 5.43 Å². The molecule has 0 spiro atoms. The lowest BCUT2D eigenvalue weighted by atomic mass is 10.0. The Labute approximate surface area is 206 Å². The van der Waals surface area contributed by atoms with Gasteiger partial charge in [-0.05, 0) is 65.7 Å². The average Bonchev–Trinajstić information content (AvgIpc) is 2.85. The van der Waals surface area contributed by atoms with Crippen LogP contribution in [0.4, 0.5) is 5.69 Å². The lowest BCUT2D eigenvalue weighted by molar-refractivity contribution is -0.136. The summed E-state index contributed by atoms with van der Waals surface area (Å²) in [5, 5.41) is 8.57. The van der Waals surface area contributed by atoms with E-state index in [1.54, 1.807) is 48.5 Å². The number of rotatable bonds is 5. The molecule has 8 heteroatoms. The van der Waals surface area contributed by atoms with Crippen LogP contribution in [-0.2, 0) is 9.59 Å². The summed E-state index contributed by atoms with van der Waals surface area (Å²) in [4.78, 5) is 37.1. The molecule has 0 aliphatic rings. The molecule has 4 aromatic rings. The Bertz CT molecular complexity index is 1450. The van der Waals surface area contributed by atoms with E-state index in [0.717, 1.165) is 16.3 Å². The zero-order chi connectivity index (χ0) is 24.8. The molecule has 0 aromatic heterocycles. The summed E-state index contributed by atoms with van der Waals surface area (Å²) in [5.74, 6) is -2.14.